The van der Waals surface area contributed by atoms with Crippen LogP contribution in [-0.4, -0.2) is 30.7 Å². The Morgan fingerprint density at radius 1 is 1.32 bits per heavy atom. The number of hydrogen-bond donors (Lipinski definition) is 2. The molecule has 6 nitrogen and oxygen atoms in total. The molecule has 1 aromatic carbocycles. The van der Waals surface area contributed by atoms with E-state index < -0.39 is 0 Å². The Hall–Kier alpha value is -2.50. The molecular formula is C13H14N4O2. The number of rotatable bonds is 2. The fourth-order valence-electron chi connectivity index (χ4n) is 2.12. The van der Waals surface area contributed by atoms with Crippen LogP contribution >= 0.6 is 0 Å². The highest BCUT2D eigenvalue weighted by Gasteiger charge is 2.16. The minimum atomic E-state index is 0.0540. The lowest BCUT2D eigenvalue weighted by Crippen LogP contribution is -2.47. The van der Waals surface area contributed by atoms with Crippen molar-refractivity contribution >= 4 is 17.4 Å². The monoisotopic (exact) mass is 258 g/mol. The van der Waals surface area contributed by atoms with Crippen molar-refractivity contribution in [3.8, 4) is 11.3 Å². The van der Waals surface area contributed by atoms with Crippen LogP contribution in [0, 0.1) is 0 Å². The molecule has 0 atom stereocenters. The van der Waals surface area contributed by atoms with Gasteiger partial charge in [0.25, 0.3) is 0 Å². The summed E-state index contributed by atoms with van der Waals surface area (Å²) in [5.74, 6) is 1.06. The lowest BCUT2D eigenvalue weighted by molar-refractivity contribution is -0.120. The number of nitrogen functional groups attached to an aromatic ring is 1. The van der Waals surface area contributed by atoms with Crippen LogP contribution in [-0.2, 0) is 4.79 Å². The molecule has 1 fully saturated rings. The van der Waals surface area contributed by atoms with E-state index in [0.29, 0.717) is 24.7 Å². The average Bonchev–Trinajstić information content (AvgIpc) is 2.86. The number of hydrogen-bond acceptors (Lipinski definition) is 5. The van der Waals surface area contributed by atoms with Gasteiger partial charge >= 0.3 is 0 Å². The lowest BCUT2D eigenvalue weighted by Gasteiger charge is -2.28. The minimum absolute atomic E-state index is 0.0540. The molecule has 0 radical (unpaired) electrons. The summed E-state index contributed by atoms with van der Waals surface area (Å²) in [6.07, 6.45) is 0. The molecule has 19 heavy (non-hydrogen) atoms. The molecule has 2 heterocycles. The number of piperazine rings is 1. The highest BCUT2D eigenvalue weighted by molar-refractivity contribution is 5.82. The fraction of sp³-hybridized carbons (Fsp3) is 0.231. The molecule has 0 spiro atoms. The molecule has 0 unspecified atom stereocenters. The number of nitrogens with two attached hydrogens (primary N) is 1. The number of benzene rings is 1. The Balaban J connectivity index is 1.80. The standard InChI is InChI=1S/C13H14N4O2/c14-12-7-11(19-16-12)9-1-3-10(4-2-9)17-6-5-15-13(18)8-17/h1-4,7H,5-6,8H2,(H2,14,16)(H,15,18). The number of aromatic nitrogens is 1. The van der Waals surface area contributed by atoms with Crippen molar-refractivity contribution in [2.24, 2.45) is 0 Å². The zero-order valence-corrected chi connectivity index (χ0v) is 10.3. The predicted molar refractivity (Wildman–Crippen MR) is 71.6 cm³/mol. The molecule has 3 rings (SSSR count). The highest BCUT2D eigenvalue weighted by atomic mass is 16.5. The van der Waals surface area contributed by atoms with Gasteiger partial charge < -0.3 is 20.5 Å². The van der Waals surface area contributed by atoms with Gasteiger partial charge in [-0.25, -0.2) is 0 Å². The second-order valence-electron chi connectivity index (χ2n) is 4.43. The van der Waals surface area contributed by atoms with Crippen molar-refractivity contribution in [2.75, 3.05) is 30.3 Å². The quantitative estimate of drug-likeness (QED) is 0.834. The van der Waals surface area contributed by atoms with E-state index in [2.05, 4.69) is 10.5 Å². The summed E-state index contributed by atoms with van der Waals surface area (Å²) < 4.78 is 5.10. The molecule has 6 heteroatoms. The molecule has 0 saturated carbocycles. The lowest BCUT2D eigenvalue weighted by atomic mass is 10.1. The number of carbonyl (C=O) groups excluding carboxylic acids is 1. The molecule has 1 aromatic heterocycles. The minimum Gasteiger partial charge on any atom is -0.381 e. The topological polar surface area (TPSA) is 84.4 Å². The van der Waals surface area contributed by atoms with E-state index in [1.165, 1.54) is 0 Å². The van der Waals surface area contributed by atoms with Crippen molar-refractivity contribution in [1.29, 1.82) is 0 Å². The first-order valence-corrected chi connectivity index (χ1v) is 6.06. The normalized spacial score (nSPS) is 15.4. The van der Waals surface area contributed by atoms with E-state index >= 15 is 0 Å². The number of amides is 1. The second-order valence-corrected chi connectivity index (χ2v) is 4.43. The molecule has 1 aliphatic rings. The number of nitrogens with zero attached hydrogens (tertiary/aromatic N) is 2. The van der Waals surface area contributed by atoms with Gasteiger partial charge in [-0.05, 0) is 24.3 Å². The van der Waals surface area contributed by atoms with E-state index in [1.807, 2.05) is 29.2 Å². The van der Waals surface area contributed by atoms with Crippen LogP contribution in [0.5, 0.6) is 0 Å². The first-order chi connectivity index (χ1) is 9.22. The average molecular weight is 258 g/mol. The first kappa shape index (κ1) is 11.6. The summed E-state index contributed by atoms with van der Waals surface area (Å²) >= 11 is 0. The third kappa shape index (κ3) is 2.37. The first-order valence-electron chi connectivity index (χ1n) is 6.06. The van der Waals surface area contributed by atoms with Crippen LogP contribution in [0.1, 0.15) is 0 Å². The van der Waals surface area contributed by atoms with Gasteiger partial charge in [-0.3, -0.25) is 4.79 Å². The van der Waals surface area contributed by atoms with Gasteiger partial charge in [-0.1, -0.05) is 5.16 Å². The zero-order chi connectivity index (χ0) is 13.2. The van der Waals surface area contributed by atoms with Crippen molar-refractivity contribution < 1.29 is 9.32 Å². The zero-order valence-electron chi connectivity index (χ0n) is 10.3. The van der Waals surface area contributed by atoms with Gasteiger partial charge in [0, 0.05) is 30.4 Å². The third-order valence-electron chi connectivity index (χ3n) is 3.08. The third-order valence-corrected chi connectivity index (χ3v) is 3.08. The van der Waals surface area contributed by atoms with E-state index in [0.717, 1.165) is 17.8 Å². The van der Waals surface area contributed by atoms with Gasteiger partial charge in [0.05, 0.1) is 6.54 Å². The van der Waals surface area contributed by atoms with E-state index in [1.54, 1.807) is 6.07 Å². The smallest absolute Gasteiger partial charge is 0.239 e. The Labute approximate surface area is 110 Å². The maximum absolute atomic E-state index is 11.3. The van der Waals surface area contributed by atoms with Crippen molar-refractivity contribution in [3.05, 3.63) is 30.3 Å². The molecular weight excluding hydrogens is 244 g/mol. The van der Waals surface area contributed by atoms with Gasteiger partial charge in [0.1, 0.15) is 0 Å². The molecule has 2 aromatic rings. The van der Waals surface area contributed by atoms with Crippen LogP contribution in [0.25, 0.3) is 11.3 Å². The van der Waals surface area contributed by atoms with Crippen molar-refractivity contribution in [3.63, 3.8) is 0 Å². The van der Waals surface area contributed by atoms with Crippen LogP contribution < -0.4 is 16.0 Å². The number of nitrogens with one attached hydrogen (secondary N) is 1. The molecule has 3 N–H and O–H groups in total. The Morgan fingerprint density at radius 3 is 2.74 bits per heavy atom. The van der Waals surface area contributed by atoms with E-state index in [4.69, 9.17) is 10.3 Å². The summed E-state index contributed by atoms with van der Waals surface area (Å²) in [7, 11) is 0. The Bertz CT molecular complexity index is 591. The van der Waals surface area contributed by atoms with Crippen LogP contribution in [0.4, 0.5) is 11.5 Å². The molecule has 98 valence electrons. The van der Waals surface area contributed by atoms with Crippen molar-refractivity contribution in [2.45, 2.75) is 0 Å². The highest BCUT2D eigenvalue weighted by Crippen LogP contribution is 2.24. The molecule has 0 bridgehead atoms. The van der Waals surface area contributed by atoms with Crippen molar-refractivity contribution in [1.82, 2.24) is 10.5 Å². The molecule has 1 saturated heterocycles. The SMILES string of the molecule is Nc1cc(-c2ccc(N3CCNC(=O)C3)cc2)on1. The Morgan fingerprint density at radius 2 is 2.11 bits per heavy atom. The summed E-state index contributed by atoms with van der Waals surface area (Å²) in [4.78, 5) is 13.4. The largest absolute Gasteiger partial charge is 0.381 e. The molecule has 0 aliphatic carbocycles. The van der Waals surface area contributed by atoms with Crippen LogP contribution in [0.15, 0.2) is 34.9 Å². The maximum Gasteiger partial charge on any atom is 0.239 e. The van der Waals surface area contributed by atoms with Gasteiger partial charge in [-0.15, -0.1) is 0 Å². The summed E-state index contributed by atoms with van der Waals surface area (Å²) in [6, 6.07) is 9.48. The summed E-state index contributed by atoms with van der Waals surface area (Å²) in [5.41, 5.74) is 7.45. The predicted octanol–water partition coefficient (Wildman–Crippen LogP) is 0.860. The number of carbonyl (C=O) groups is 1. The van der Waals surface area contributed by atoms with Gasteiger partial charge in [0.2, 0.25) is 5.91 Å². The summed E-state index contributed by atoms with van der Waals surface area (Å²) in [6.45, 7) is 1.90. The summed E-state index contributed by atoms with van der Waals surface area (Å²) in [5, 5.41) is 6.46. The second kappa shape index (κ2) is 4.64. The molecule has 1 amide bonds. The fourth-order valence-corrected chi connectivity index (χ4v) is 2.12. The van der Waals surface area contributed by atoms with Crippen LogP contribution in [0.2, 0.25) is 0 Å². The van der Waals surface area contributed by atoms with Gasteiger partial charge in [-0.2, -0.15) is 0 Å². The number of anilines is 2. The van der Waals surface area contributed by atoms with Crippen LogP contribution in [0.3, 0.4) is 0 Å². The maximum atomic E-state index is 11.3. The van der Waals surface area contributed by atoms with Gasteiger partial charge in [0.15, 0.2) is 11.6 Å². The van der Waals surface area contributed by atoms with E-state index in [9.17, 15) is 4.79 Å². The molecule has 1 aliphatic heterocycles. The van der Waals surface area contributed by atoms with E-state index in [-0.39, 0.29) is 5.91 Å². The Kier molecular flexibility index (Phi) is 2.83.